The molecule has 0 saturated heterocycles. The van der Waals surface area contributed by atoms with Crippen molar-refractivity contribution < 1.29 is 4.74 Å². The zero-order valence-electron chi connectivity index (χ0n) is 12.6. The zero-order valence-corrected chi connectivity index (χ0v) is 14.1. The molecule has 1 atom stereocenters. The van der Waals surface area contributed by atoms with Gasteiger partial charge in [-0.15, -0.1) is 0 Å². The lowest BCUT2D eigenvalue weighted by Gasteiger charge is -2.18. The first kappa shape index (κ1) is 15.9. The van der Waals surface area contributed by atoms with Gasteiger partial charge in [0.2, 0.25) is 0 Å². The molecule has 2 aromatic rings. The minimum atomic E-state index is 0.178. The Morgan fingerprint density at radius 3 is 2.76 bits per heavy atom. The number of hydrogen-bond donors (Lipinski definition) is 1. The average Bonchev–Trinajstić information content (AvgIpc) is 2.47. The van der Waals surface area contributed by atoms with Crippen LogP contribution in [0.25, 0.3) is 0 Å². The smallest absolute Gasteiger partial charge is 0.133 e. The molecule has 0 spiro atoms. The van der Waals surface area contributed by atoms with Gasteiger partial charge < -0.3 is 10.1 Å². The third-order valence-corrected chi connectivity index (χ3v) is 3.88. The summed E-state index contributed by atoms with van der Waals surface area (Å²) in [6.45, 7) is 4.91. The normalized spacial score (nSPS) is 12.2. The van der Waals surface area contributed by atoms with Crippen molar-refractivity contribution in [3.63, 3.8) is 0 Å². The van der Waals surface area contributed by atoms with E-state index in [1.807, 2.05) is 25.3 Å². The van der Waals surface area contributed by atoms with Crippen LogP contribution in [0.1, 0.15) is 30.0 Å². The third-order valence-electron chi connectivity index (χ3n) is 3.26. The van der Waals surface area contributed by atoms with Crippen LogP contribution >= 0.6 is 15.9 Å². The first-order valence-electron chi connectivity index (χ1n) is 6.99. The van der Waals surface area contributed by atoms with Gasteiger partial charge in [0.15, 0.2) is 0 Å². The van der Waals surface area contributed by atoms with Crippen LogP contribution in [0.2, 0.25) is 0 Å². The number of rotatable bonds is 6. The van der Waals surface area contributed by atoms with Gasteiger partial charge in [-0.1, -0.05) is 13.0 Å². The molecular formula is C16H20BrN3O. The first-order valence-corrected chi connectivity index (χ1v) is 7.78. The summed E-state index contributed by atoms with van der Waals surface area (Å²) in [5, 5.41) is 3.49. The number of methoxy groups -OCH3 is 1. The van der Waals surface area contributed by atoms with E-state index in [-0.39, 0.29) is 6.04 Å². The first-order chi connectivity index (χ1) is 10.1. The van der Waals surface area contributed by atoms with Crippen LogP contribution in [0, 0.1) is 6.92 Å². The molecule has 0 amide bonds. The van der Waals surface area contributed by atoms with Crippen LogP contribution in [-0.4, -0.2) is 23.6 Å². The number of nitrogens with one attached hydrogen (secondary N) is 1. The van der Waals surface area contributed by atoms with E-state index in [9.17, 15) is 0 Å². The van der Waals surface area contributed by atoms with E-state index in [2.05, 4.69) is 50.3 Å². The molecule has 0 radical (unpaired) electrons. The Morgan fingerprint density at radius 2 is 2.14 bits per heavy atom. The minimum absolute atomic E-state index is 0.178. The molecule has 4 nitrogen and oxygen atoms in total. The summed E-state index contributed by atoms with van der Waals surface area (Å²) in [5.41, 5.74) is 2.25. The van der Waals surface area contributed by atoms with Gasteiger partial charge in [-0.2, -0.15) is 0 Å². The molecule has 0 aliphatic rings. The van der Waals surface area contributed by atoms with Gasteiger partial charge in [0, 0.05) is 6.20 Å². The van der Waals surface area contributed by atoms with Crippen molar-refractivity contribution in [1.82, 2.24) is 15.3 Å². The lowest BCUT2D eigenvalue weighted by molar-refractivity contribution is 0.412. The van der Waals surface area contributed by atoms with Gasteiger partial charge in [0.05, 0.1) is 23.3 Å². The van der Waals surface area contributed by atoms with E-state index in [0.717, 1.165) is 34.7 Å². The second kappa shape index (κ2) is 7.52. The molecule has 2 rings (SSSR count). The number of ether oxygens (including phenoxy) is 1. The highest BCUT2D eigenvalue weighted by Crippen LogP contribution is 2.27. The lowest BCUT2D eigenvalue weighted by atomic mass is 10.0. The van der Waals surface area contributed by atoms with E-state index >= 15 is 0 Å². The van der Waals surface area contributed by atoms with E-state index in [0.29, 0.717) is 0 Å². The van der Waals surface area contributed by atoms with Crippen LogP contribution in [0.15, 0.2) is 34.9 Å². The molecule has 0 bridgehead atoms. The van der Waals surface area contributed by atoms with Crippen molar-refractivity contribution in [2.45, 2.75) is 26.3 Å². The van der Waals surface area contributed by atoms with Crippen molar-refractivity contribution in [2.24, 2.45) is 0 Å². The molecule has 1 unspecified atom stereocenters. The predicted molar refractivity (Wildman–Crippen MR) is 87.6 cm³/mol. The summed E-state index contributed by atoms with van der Waals surface area (Å²) in [4.78, 5) is 8.70. The molecule has 1 N–H and O–H groups in total. The van der Waals surface area contributed by atoms with Gasteiger partial charge in [-0.3, -0.25) is 0 Å². The van der Waals surface area contributed by atoms with Gasteiger partial charge in [-0.05, 0) is 59.6 Å². The minimum Gasteiger partial charge on any atom is -0.496 e. The van der Waals surface area contributed by atoms with Crippen LogP contribution < -0.4 is 10.1 Å². The Kier molecular flexibility index (Phi) is 5.70. The van der Waals surface area contributed by atoms with Gasteiger partial charge in [-0.25, -0.2) is 9.97 Å². The molecule has 1 aromatic heterocycles. The van der Waals surface area contributed by atoms with Gasteiger partial charge in [0.1, 0.15) is 11.6 Å². The van der Waals surface area contributed by atoms with E-state index in [1.165, 1.54) is 5.56 Å². The quantitative estimate of drug-likeness (QED) is 0.867. The molecule has 1 heterocycles. The van der Waals surface area contributed by atoms with Crippen LogP contribution in [0.4, 0.5) is 0 Å². The lowest BCUT2D eigenvalue weighted by Crippen LogP contribution is -2.24. The molecule has 0 saturated carbocycles. The Balaban J connectivity index is 2.22. The standard InChI is InChI=1S/C16H20BrN3O/c1-4-18-15(14-7-8-19-11(2)20-14)10-12-5-6-16(21-3)13(17)9-12/h5-9,15,18H,4,10H2,1-3H3. The van der Waals surface area contributed by atoms with Crippen LogP contribution in [0.5, 0.6) is 5.75 Å². The molecule has 0 aliphatic heterocycles. The van der Waals surface area contributed by atoms with Crippen LogP contribution in [0.3, 0.4) is 0 Å². The van der Waals surface area contributed by atoms with E-state index < -0.39 is 0 Å². The van der Waals surface area contributed by atoms with Crippen molar-refractivity contribution in [3.05, 3.63) is 52.0 Å². The average molecular weight is 350 g/mol. The number of aryl methyl sites for hydroxylation is 1. The maximum atomic E-state index is 5.27. The number of nitrogens with zero attached hydrogens (tertiary/aromatic N) is 2. The second-order valence-corrected chi connectivity index (χ2v) is 5.67. The van der Waals surface area contributed by atoms with Crippen LogP contribution in [-0.2, 0) is 6.42 Å². The summed E-state index contributed by atoms with van der Waals surface area (Å²) in [6, 6.07) is 8.31. The Hall–Kier alpha value is -1.46. The number of likely N-dealkylation sites (N-methyl/N-ethyl adjacent to an activating group) is 1. The van der Waals surface area contributed by atoms with Crippen molar-refractivity contribution >= 4 is 15.9 Å². The molecule has 1 aromatic carbocycles. The van der Waals surface area contributed by atoms with Crippen molar-refractivity contribution in [2.75, 3.05) is 13.7 Å². The summed E-state index contributed by atoms with van der Waals surface area (Å²) in [7, 11) is 1.67. The monoisotopic (exact) mass is 349 g/mol. The Morgan fingerprint density at radius 1 is 1.33 bits per heavy atom. The topological polar surface area (TPSA) is 47.0 Å². The fraction of sp³-hybridized carbons (Fsp3) is 0.375. The summed E-state index contributed by atoms with van der Waals surface area (Å²) in [5.74, 6) is 1.64. The fourth-order valence-corrected chi connectivity index (χ4v) is 2.86. The maximum absolute atomic E-state index is 5.27. The Bertz CT molecular complexity index is 604. The molecule has 0 aliphatic carbocycles. The van der Waals surface area contributed by atoms with Crippen molar-refractivity contribution in [1.29, 1.82) is 0 Å². The zero-order chi connectivity index (χ0) is 15.2. The van der Waals surface area contributed by atoms with Gasteiger partial charge >= 0.3 is 0 Å². The third kappa shape index (κ3) is 4.25. The second-order valence-electron chi connectivity index (χ2n) is 4.81. The largest absolute Gasteiger partial charge is 0.496 e. The molecule has 5 heteroatoms. The molecule has 21 heavy (non-hydrogen) atoms. The number of aromatic nitrogens is 2. The van der Waals surface area contributed by atoms with Gasteiger partial charge in [0.25, 0.3) is 0 Å². The number of benzene rings is 1. The SMILES string of the molecule is CCNC(Cc1ccc(OC)c(Br)c1)c1ccnc(C)n1. The summed E-state index contributed by atoms with van der Waals surface area (Å²) in [6.07, 6.45) is 2.68. The highest BCUT2D eigenvalue weighted by atomic mass is 79.9. The predicted octanol–water partition coefficient (Wildman–Crippen LogP) is 3.45. The summed E-state index contributed by atoms with van der Waals surface area (Å²) >= 11 is 3.53. The van der Waals surface area contributed by atoms with E-state index in [4.69, 9.17) is 4.74 Å². The highest BCUT2D eigenvalue weighted by Gasteiger charge is 2.14. The number of hydrogen-bond acceptors (Lipinski definition) is 4. The number of halogens is 1. The van der Waals surface area contributed by atoms with E-state index in [1.54, 1.807) is 7.11 Å². The molecule has 112 valence electrons. The molecular weight excluding hydrogens is 330 g/mol. The molecule has 0 fully saturated rings. The summed E-state index contributed by atoms with van der Waals surface area (Å²) < 4.78 is 6.24. The highest BCUT2D eigenvalue weighted by molar-refractivity contribution is 9.10. The fourth-order valence-electron chi connectivity index (χ4n) is 2.27. The Labute approximate surface area is 134 Å². The van der Waals surface area contributed by atoms with Crippen molar-refractivity contribution in [3.8, 4) is 5.75 Å². The maximum Gasteiger partial charge on any atom is 0.133 e.